The van der Waals surface area contributed by atoms with Gasteiger partial charge < -0.3 is 19.5 Å². The normalized spacial score (nSPS) is 20.5. The van der Waals surface area contributed by atoms with E-state index in [0.29, 0.717) is 31.4 Å². The van der Waals surface area contributed by atoms with Gasteiger partial charge in [0.2, 0.25) is 0 Å². The third-order valence-electron chi connectivity index (χ3n) is 5.15. The number of fused-ring (bicyclic) bond motifs is 1. The van der Waals surface area contributed by atoms with Crippen molar-refractivity contribution in [1.82, 2.24) is 14.9 Å². The molecule has 4 rings (SSSR count). The van der Waals surface area contributed by atoms with Crippen LogP contribution >= 0.6 is 0 Å². The third-order valence-corrected chi connectivity index (χ3v) is 5.15. The Labute approximate surface area is 147 Å². The molecule has 0 amide bonds. The molecule has 2 aliphatic rings. The fraction of sp³-hybridized carbons (Fsp3) is 0.526. The number of aryl methyl sites for hydroxylation is 1. The van der Waals surface area contributed by atoms with E-state index in [9.17, 15) is 4.39 Å². The van der Waals surface area contributed by atoms with Gasteiger partial charge in [0.05, 0.1) is 18.9 Å². The fourth-order valence-electron chi connectivity index (χ4n) is 3.81. The van der Waals surface area contributed by atoms with Crippen molar-refractivity contribution in [2.45, 2.75) is 31.8 Å². The molecule has 6 heteroatoms. The minimum atomic E-state index is -0.144. The molecule has 2 aromatic rings. The van der Waals surface area contributed by atoms with Gasteiger partial charge in [-0.15, -0.1) is 0 Å². The Balaban J connectivity index is 1.34. The van der Waals surface area contributed by atoms with Crippen LogP contribution in [0.25, 0.3) is 0 Å². The van der Waals surface area contributed by atoms with Crippen molar-refractivity contribution < 1.29 is 9.13 Å². The molecule has 0 bridgehead atoms. The summed E-state index contributed by atoms with van der Waals surface area (Å²) in [6.07, 6.45) is 6.29. The minimum absolute atomic E-state index is 0.144. The molecule has 5 nitrogen and oxygen atoms in total. The van der Waals surface area contributed by atoms with E-state index in [4.69, 9.17) is 4.74 Å². The van der Waals surface area contributed by atoms with Crippen molar-refractivity contribution in [3.63, 3.8) is 0 Å². The molecule has 0 saturated carbocycles. The van der Waals surface area contributed by atoms with E-state index in [-0.39, 0.29) is 5.82 Å². The highest BCUT2D eigenvalue weighted by atomic mass is 19.1. The number of nitrogens with one attached hydrogen (secondary N) is 1. The molecule has 1 fully saturated rings. The molecule has 25 heavy (non-hydrogen) atoms. The highest BCUT2D eigenvalue weighted by molar-refractivity contribution is 5.49. The van der Waals surface area contributed by atoms with Crippen LogP contribution in [0.15, 0.2) is 30.6 Å². The summed E-state index contributed by atoms with van der Waals surface area (Å²) in [7, 11) is 0. The Morgan fingerprint density at radius 2 is 2.12 bits per heavy atom. The molecule has 1 N–H and O–H groups in total. The number of halogens is 1. The van der Waals surface area contributed by atoms with Crippen LogP contribution in [0.1, 0.15) is 30.1 Å². The van der Waals surface area contributed by atoms with Gasteiger partial charge >= 0.3 is 0 Å². The summed E-state index contributed by atoms with van der Waals surface area (Å²) in [6.45, 7) is 5.47. The zero-order valence-corrected chi connectivity index (χ0v) is 14.5. The largest absolute Gasteiger partial charge is 0.378 e. The predicted octanol–water partition coefficient (Wildman–Crippen LogP) is 2.53. The molecule has 0 radical (unpaired) electrons. The Morgan fingerprint density at radius 3 is 2.96 bits per heavy atom. The van der Waals surface area contributed by atoms with Crippen LogP contribution in [0, 0.1) is 5.82 Å². The first-order valence-electron chi connectivity index (χ1n) is 9.14. The molecule has 0 aliphatic carbocycles. The average Bonchev–Trinajstić information content (AvgIpc) is 3.12. The molecular formula is C19H25FN4O. The van der Waals surface area contributed by atoms with Crippen molar-refractivity contribution in [2.75, 3.05) is 37.7 Å². The maximum Gasteiger partial charge on any atom is 0.146 e. The van der Waals surface area contributed by atoms with E-state index in [0.717, 1.165) is 38.2 Å². The lowest BCUT2D eigenvalue weighted by Gasteiger charge is -2.29. The van der Waals surface area contributed by atoms with E-state index >= 15 is 0 Å². The summed E-state index contributed by atoms with van der Waals surface area (Å²) in [4.78, 5) is 6.54. The van der Waals surface area contributed by atoms with Crippen molar-refractivity contribution in [1.29, 1.82) is 0 Å². The lowest BCUT2D eigenvalue weighted by atomic mass is 9.99. The number of hydrogen-bond donors (Lipinski definition) is 1. The summed E-state index contributed by atoms with van der Waals surface area (Å²) in [5.74, 6) is 1.48. The Morgan fingerprint density at radius 1 is 1.24 bits per heavy atom. The van der Waals surface area contributed by atoms with Gasteiger partial charge in [0.1, 0.15) is 11.6 Å². The van der Waals surface area contributed by atoms with Crippen molar-refractivity contribution in [2.24, 2.45) is 0 Å². The first-order valence-corrected chi connectivity index (χ1v) is 9.14. The van der Waals surface area contributed by atoms with E-state index in [2.05, 4.69) is 26.0 Å². The van der Waals surface area contributed by atoms with Crippen LogP contribution in [0.5, 0.6) is 0 Å². The molecule has 1 saturated heterocycles. The molecular weight excluding hydrogens is 319 g/mol. The van der Waals surface area contributed by atoms with Gasteiger partial charge in [-0.25, -0.2) is 9.37 Å². The van der Waals surface area contributed by atoms with Crippen LogP contribution < -0.4 is 10.2 Å². The zero-order valence-electron chi connectivity index (χ0n) is 14.5. The lowest BCUT2D eigenvalue weighted by Crippen LogP contribution is -2.36. The molecule has 3 heterocycles. The van der Waals surface area contributed by atoms with E-state index < -0.39 is 0 Å². The minimum Gasteiger partial charge on any atom is -0.378 e. The van der Waals surface area contributed by atoms with Gasteiger partial charge in [0.15, 0.2) is 0 Å². The second-order valence-electron chi connectivity index (χ2n) is 6.83. The van der Waals surface area contributed by atoms with E-state index in [1.807, 2.05) is 18.3 Å². The Bertz CT molecular complexity index is 711. The quantitative estimate of drug-likeness (QED) is 0.905. The summed E-state index contributed by atoms with van der Waals surface area (Å²) in [5.41, 5.74) is 1.66. The molecule has 0 spiro atoms. The summed E-state index contributed by atoms with van der Waals surface area (Å²) < 4.78 is 22.0. The summed E-state index contributed by atoms with van der Waals surface area (Å²) in [5, 5.41) is 3.47. The number of hydrogen-bond acceptors (Lipinski definition) is 4. The SMILES string of the molecule is Fc1cc(CNC[C@H]2CCCn3ccnc32)ccc1N1CCOCC1. The van der Waals surface area contributed by atoms with Crippen LogP contribution in [0.2, 0.25) is 0 Å². The number of benzene rings is 1. The third kappa shape index (κ3) is 3.70. The first kappa shape index (κ1) is 16.5. The molecule has 0 unspecified atom stereocenters. The molecule has 1 aromatic heterocycles. The second kappa shape index (κ2) is 7.54. The zero-order chi connectivity index (χ0) is 17.1. The number of imidazole rings is 1. The maximum atomic E-state index is 14.4. The monoisotopic (exact) mass is 344 g/mol. The smallest absolute Gasteiger partial charge is 0.146 e. The first-order chi connectivity index (χ1) is 12.3. The summed E-state index contributed by atoms with van der Waals surface area (Å²) in [6, 6.07) is 5.56. The highest BCUT2D eigenvalue weighted by Crippen LogP contribution is 2.25. The van der Waals surface area contributed by atoms with Crippen molar-refractivity contribution in [3.8, 4) is 0 Å². The number of rotatable bonds is 5. The number of morpholine rings is 1. The van der Waals surface area contributed by atoms with Crippen LogP contribution in [-0.2, 0) is 17.8 Å². The molecule has 1 atom stereocenters. The van der Waals surface area contributed by atoms with Gasteiger partial charge in [-0.2, -0.15) is 0 Å². The predicted molar refractivity (Wildman–Crippen MR) is 95.3 cm³/mol. The fourth-order valence-corrected chi connectivity index (χ4v) is 3.81. The number of nitrogens with zero attached hydrogens (tertiary/aromatic N) is 3. The topological polar surface area (TPSA) is 42.3 Å². The summed E-state index contributed by atoms with van der Waals surface area (Å²) >= 11 is 0. The second-order valence-corrected chi connectivity index (χ2v) is 6.83. The van der Waals surface area contributed by atoms with Crippen LogP contribution in [0.3, 0.4) is 0 Å². The number of anilines is 1. The molecule has 1 aromatic carbocycles. The van der Waals surface area contributed by atoms with Crippen LogP contribution in [0.4, 0.5) is 10.1 Å². The lowest BCUT2D eigenvalue weighted by molar-refractivity contribution is 0.122. The van der Waals surface area contributed by atoms with Gasteiger partial charge in [0.25, 0.3) is 0 Å². The van der Waals surface area contributed by atoms with Gasteiger partial charge in [-0.3, -0.25) is 0 Å². The van der Waals surface area contributed by atoms with E-state index in [1.54, 1.807) is 6.07 Å². The van der Waals surface area contributed by atoms with E-state index in [1.165, 1.54) is 12.2 Å². The Hall–Kier alpha value is -1.92. The van der Waals surface area contributed by atoms with Gasteiger partial charge in [-0.05, 0) is 30.5 Å². The standard InChI is InChI=1S/C19H25FN4O/c20-17-12-15(3-4-18(17)23-8-10-25-11-9-23)13-21-14-16-2-1-6-24-7-5-22-19(16)24/h3-5,7,12,16,21H,1-2,6,8-11,13-14H2/t16-/m1/s1. The number of ether oxygens (including phenoxy) is 1. The maximum absolute atomic E-state index is 14.4. The molecule has 134 valence electrons. The number of aromatic nitrogens is 2. The Kier molecular flexibility index (Phi) is 4.99. The highest BCUT2D eigenvalue weighted by Gasteiger charge is 2.21. The van der Waals surface area contributed by atoms with Crippen molar-refractivity contribution >= 4 is 5.69 Å². The average molecular weight is 344 g/mol. The van der Waals surface area contributed by atoms with Crippen molar-refractivity contribution in [3.05, 3.63) is 47.8 Å². The van der Waals surface area contributed by atoms with Gasteiger partial charge in [0, 0.05) is 51.0 Å². The van der Waals surface area contributed by atoms with Gasteiger partial charge in [-0.1, -0.05) is 6.07 Å². The molecule has 2 aliphatic heterocycles. The van der Waals surface area contributed by atoms with Crippen LogP contribution in [-0.4, -0.2) is 42.4 Å².